The zero-order valence-corrected chi connectivity index (χ0v) is 15.1. The number of nitrogens with one attached hydrogen (secondary N) is 1. The number of carbonyl (C=O) groups is 1. The number of fused-ring (bicyclic) bond motifs is 1. The summed E-state index contributed by atoms with van der Waals surface area (Å²) in [5.41, 5.74) is 1.07. The Morgan fingerprint density at radius 3 is 2.85 bits per heavy atom. The number of pyridine rings is 1. The molecule has 3 aromatic rings. The van der Waals surface area contributed by atoms with E-state index in [0.29, 0.717) is 18.1 Å². The Kier molecular flexibility index (Phi) is 4.61. The molecule has 1 atom stereocenters. The summed E-state index contributed by atoms with van der Waals surface area (Å²) in [5, 5.41) is 2.53. The van der Waals surface area contributed by atoms with Gasteiger partial charge in [0.15, 0.2) is 10.7 Å². The molecule has 136 valence electrons. The lowest BCUT2D eigenvalue weighted by Crippen LogP contribution is -2.26. The molecule has 1 unspecified atom stereocenters. The molecule has 9 heteroatoms. The predicted octanol–water partition coefficient (Wildman–Crippen LogP) is 2.07. The predicted molar refractivity (Wildman–Crippen MR) is 98.8 cm³/mol. The fraction of sp³-hybridized carbons (Fsp3) is 0.111. The molecule has 0 spiro atoms. The first-order valence-electron chi connectivity index (χ1n) is 8.12. The minimum atomic E-state index is -1.42. The van der Waals surface area contributed by atoms with Crippen molar-refractivity contribution in [3.63, 3.8) is 0 Å². The molecular weight excluding hydrogens is 366 g/mol. The van der Waals surface area contributed by atoms with Gasteiger partial charge in [-0.3, -0.25) is 9.78 Å². The van der Waals surface area contributed by atoms with Crippen molar-refractivity contribution in [1.82, 2.24) is 20.3 Å². The van der Waals surface area contributed by atoms with E-state index in [-0.39, 0.29) is 11.7 Å². The largest absolute Gasteiger partial charge is 0.588 e. The Labute approximate surface area is 158 Å². The third-order valence-corrected chi connectivity index (χ3v) is 5.42. The van der Waals surface area contributed by atoms with E-state index in [2.05, 4.69) is 20.3 Å². The van der Waals surface area contributed by atoms with Gasteiger partial charge < -0.3 is 14.6 Å². The van der Waals surface area contributed by atoms with Crippen LogP contribution in [0, 0.1) is 0 Å². The van der Waals surface area contributed by atoms with E-state index in [1.165, 1.54) is 19.3 Å². The molecule has 27 heavy (non-hydrogen) atoms. The van der Waals surface area contributed by atoms with Gasteiger partial charge in [-0.2, -0.15) is 14.3 Å². The molecule has 1 aromatic carbocycles. The highest BCUT2D eigenvalue weighted by Gasteiger charge is 2.35. The van der Waals surface area contributed by atoms with Gasteiger partial charge in [0.2, 0.25) is 0 Å². The number of aromatic nitrogens is 3. The van der Waals surface area contributed by atoms with Gasteiger partial charge in [-0.25, -0.2) is 0 Å². The number of nitrogens with zero attached hydrogens (tertiary/aromatic N) is 4. The highest BCUT2D eigenvalue weighted by Crippen LogP contribution is 2.34. The smallest absolute Gasteiger partial charge is 0.324 e. The van der Waals surface area contributed by atoms with Crippen LogP contribution in [0.4, 0.5) is 5.82 Å². The summed E-state index contributed by atoms with van der Waals surface area (Å²) in [6, 6.07) is 12.4. The number of hydrogen-bond acceptors (Lipinski definition) is 7. The molecule has 1 amide bonds. The Hall–Kier alpha value is -3.17. The highest BCUT2D eigenvalue weighted by molar-refractivity contribution is 7.93. The molecule has 0 fully saturated rings. The molecule has 0 bridgehead atoms. The van der Waals surface area contributed by atoms with Crippen molar-refractivity contribution in [2.24, 2.45) is 0 Å². The van der Waals surface area contributed by atoms with E-state index < -0.39 is 17.3 Å². The summed E-state index contributed by atoms with van der Waals surface area (Å²) < 4.78 is 20.1. The van der Waals surface area contributed by atoms with Gasteiger partial charge in [0.1, 0.15) is 22.8 Å². The van der Waals surface area contributed by atoms with Gasteiger partial charge in [-0.05, 0) is 18.2 Å². The van der Waals surface area contributed by atoms with Crippen molar-refractivity contribution in [2.45, 2.75) is 11.4 Å². The van der Waals surface area contributed by atoms with Crippen LogP contribution in [-0.4, -0.2) is 32.5 Å². The number of ether oxygens (including phenoxy) is 1. The zero-order chi connectivity index (χ0) is 18.8. The average Bonchev–Trinajstić information content (AvgIpc) is 3.05. The second-order valence-electron chi connectivity index (χ2n) is 5.66. The fourth-order valence-corrected chi connectivity index (χ4v) is 3.96. The van der Waals surface area contributed by atoms with E-state index in [1.807, 2.05) is 24.3 Å². The maximum atomic E-state index is 12.8. The van der Waals surface area contributed by atoms with Crippen molar-refractivity contribution in [1.29, 1.82) is 0 Å². The van der Waals surface area contributed by atoms with Crippen molar-refractivity contribution < 1.29 is 14.1 Å². The van der Waals surface area contributed by atoms with Crippen LogP contribution in [0.2, 0.25) is 0 Å². The maximum Gasteiger partial charge on any atom is 0.324 e. The molecule has 8 nitrogen and oxygen atoms in total. The standard InChI is InChI=1S/C18H15N5O3S/c1-19-17(24)14-9-16(22-18(21-14)26-13-6-4-8-20-10-13)23-11-12-5-2-3-7-15(12)27(23)25/h2-10H,11H2,1H3,(H,19,24). The molecule has 4 rings (SSSR count). The first kappa shape index (κ1) is 17.3. The number of anilines is 1. The normalized spacial score (nSPS) is 15.3. The summed E-state index contributed by atoms with van der Waals surface area (Å²) >= 11 is -1.42. The topological polar surface area (TPSA) is 103 Å². The number of benzene rings is 1. The highest BCUT2D eigenvalue weighted by atomic mass is 32.2. The Morgan fingerprint density at radius 1 is 1.26 bits per heavy atom. The van der Waals surface area contributed by atoms with Gasteiger partial charge in [-0.1, -0.05) is 18.2 Å². The SMILES string of the molecule is CNC(=O)c1cc(N2Cc3ccccc3[S+]2[O-])nc(Oc2cccnc2)n1. The second-order valence-corrected chi connectivity index (χ2v) is 7.04. The molecule has 0 radical (unpaired) electrons. The Bertz CT molecular complexity index is 986. The monoisotopic (exact) mass is 381 g/mol. The van der Waals surface area contributed by atoms with Gasteiger partial charge in [0.25, 0.3) is 5.91 Å². The number of carbonyl (C=O) groups excluding carboxylic acids is 1. The summed E-state index contributed by atoms with van der Waals surface area (Å²) in [6.07, 6.45) is 3.13. The Morgan fingerprint density at radius 2 is 2.11 bits per heavy atom. The van der Waals surface area contributed by atoms with Crippen LogP contribution in [0.3, 0.4) is 0 Å². The minimum Gasteiger partial charge on any atom is -0.588 e. The van der Waals surface area contributed by atoms with E-state index in [1.54, 1.807) is 22.6 Å². The number of hydrogen-bond donors (Lipinski definition) is 1. The van der Waals surface area contributed by atoms with Crippen molar-refractivity contribution in [2.75, 3.05) is 11.4 Å². The molecule has 1 aliphatic heterocycles. The molecule has 1 N–H and O–H groups in total. The van der Waals surface area contributed by atoms with Crippen LogP contribution >= 0.6 is 0 Å². The average molecular weight is 381 g/mol. The first-order chi connectivity index (χ1) is 13.2. The third-order valence-electron chi connectivity index (χ3n) is 3.93. The zero-order valence-electron chi connectivity index (χ0n) is 14.3. The van der Waals surface area contributed by atoms with Crippen molar-refractivity contribution in [3.05, 3.63) is 66.1 Å². The number of rotatable bonds is 4. The van der Waals surface area contributed by atoms with Crippen LogP contribution in [0.1, 0.15) is 16.1 Å². The molecule has 0 aliphatic carbocycles. The summed E-state index contributed by atoms with van der Waals surface area (Å²) in [7, 11) is 1.51. The maximum absolute atomic E-state index is 12.8. The molecule has 2 aromatic heterocycles. The van der Waals surface area contributed by atoms with Crippen LogP contribution in [0.15, 0.2) is 59.8 Å². The molecule has 0 saturated carbocycles. The van der Waals surface area contributed by atoms with Crippen LogP contribution in [-0.2, 0) is 17.9 Å². The first-order valence-corrected chi connectivity index (χ1v) is 9.23. The van der Waals surface area contributed by atoms with Crippen LogP contribution in [0.5, 0.6) is 11.8 Å². The molecular formula is C18H15N5O3S. The van der Waals surface area contributed by atoms with E-state index >= 15 is 0 Å². The summed E-state index contributed by atoms with van der Waals surface area (Å²) in [5.74, 6) is 0.387. The summed E-state index contributed by atoms with van der Waals surface area (Å²) in [6.45, 7) is 0.416. The van der Waals surface area contributed by atoms with Crippen LogP contribution in [0.25, 0.3) is 0 Å². The van der Waals surface area contributed by atoms with E-state index in [4.69, 9.17) is 4.74 Å². The van der Waals surface area contributed by atoms with Crippen molar-refractivity contribution in [3.8, 4) is 11.8 Å². The molecule has 3 heterocycles. The van der Waals surface area contributed by atoms with Gasteiger partial charge in [-0.15, -0.1) is 0 Å². The second kappa shape index (κ2) is 7.22. The van der Waals surface area contributed by atoms with Crippen molar-refractivity contribution >= 4 is 23.1 Å². The van der Waals surface area contributed by atoms with Crippen LogP contribution < -0.4 is 14.4 Å². The Balaban J connectivity index is 1.72. The quantitative estimate of drug-likeness (QED) is 0.690. The number of amides is 1. The van der Waals surface area contributed by atoms with E-state index in [0.717, 1.165) is 10.5 Å². The van der Waals surface area contributed by atoms with Gasteiger partial charge in [0.05, 0.1) is 12.7 Å². The molecule has 1 aliphatic rings. The lowest BCUT2D eigenvalue weighted by molar-refractivity contribution is 0.0957. The molecule has 0 saturated heterocycles. The minimum absolute atomic E-state index is 0.0212. The lowest BCUT2D eigenvalue weighted by atomic mass is 10.2. The van der Waals surface area contributed by atoms with Gasteiger partial charge in [0, 0.05) is 24.9 Å². The third kappa shape index (κ3) is 3.42. The summed E-state index contributed by atoms with van der Waals surface area (Å²) in [4.78, 5) is 25.3. The van der Waals surface area contributed by atoms with Gasteiger partial charge >= 0.3 is 6.01 Å². The fourth-order valence-electron chi connectivity index (χ4n) is 2.65. The lowest BCUT2D eigenvalue weighted by Gasteiger charge is -2.18. The van der Waals surface area contributed by atoms with E-state index in [9.17, 15) is 9.35 Å².